The highest BCUT2D eigenvalue weighted by Crippen LogP contribution is 2.20. The molecule has 3 aromatic carbocycles. The number of nitrogens with one attached hydrogen (secondary N) is 1. The van der Waals surface area contributed by atoms with Crippen LogP contribution in [0.15, 0.2) is 72.8 Å². The summed E-state index contributed by atoms with van der Waals surface area (Å²) >= 11 is 6.16. The molecule has 0 aliphatic carbocycles. The monoisotopic (exact) mass is 463 g/mol. The first-order valence-corrected chi connectivity index (χ1v) is 11.2. The Morgan fingerprint density at radius 1 is 1.03 bits per heavy atom. The third-order valence-electron chi connectivity index (χ3n) is 5.34. The first-order chi connectivity index (χ1) is 16.1. The Bertz CT molecular complexity index is 1240. The van der Waals surface area contributed by atoms with E-state index in [0.29, 0.717) is 31.1 Å². The van der Waals surface area contributed by atoms with Gasteiger partial charge in [0, 0.05) is 24.1 Å². The van der Waals surface area contributed by atoms with Gasteiger partial charge in [-0.2, -0.15) is 0 Å². The first-order valence-electron chi connectivity index (χ1n) is 10.8. The first kappa shape index (κ1) is 22.7. The Hall–Kier alpha value is -3.51. The standard InChI is InChI=1S/C26H26ClN3O3/c1-32-20-8-6-9-21(18-20)33-16-15-30-24-12-5-4-11-23(24)29-25(30)13-14-28-26(31)17-19-7-2-3-10-22(19)27/h2-12,18H,13-17H2,1H3,(H,28,31). The van der Waals surface area contributed by atoms with E-state index in [1.807, 2.05) is 66.7 Å². The Labute approximate surface area is 198 Å². The Kier molecular flexibility index (Phi) is 7.47. The van der Waals surface area contributed by atoms with E-state index in [1.165, 1.54) is 0 Å². The minimum atomic E-state index is -0.0629. The number of fused-ring (bicyclic) bond motifs is 1. The van der Waals surface area contributed by atoms with E-state index in [1.54, 1.807) is 13.2 Å². The topological polar surface area (TPSA) is 65.4 Å². The fraction of sp³-hybridized carbons (Fsp3) is 0.231. The molecule has 7 heteroatoms. The number of benzene rings is 3. The number of methoxy groups -OCH3 is 1. The molecule has 170 valence electrons. The molecule has 0 fully saturated rings. The summed E-state index contributed by atoms with van der Waals surface area (Å²) in [5, 5.41) is 3.58. The average Bonchev–Trinajstić information content (AvgIpc) is 3.18. The lowest BCUT2D eigenvalue weighted by molar-refractivity contribution is -0.120. The Morgan fingerprint density at radius 2 is 1.82 bits per heavy atom. The molecule has 0 aliphatic heterocycles. The summed E-state index contributed by atoms with van der Waals surface area (Å²) in [5.74, 6) is 2.36. The number of rotatable bonds is 10. The van der Waals surface area contributed by atoms with E-state index < -0.39 is 0 Å². The lowest BCUT2D eigenvalue weighted by Crippen LogP contribution is -2.28. The van der Waals surface area contributed by atoms with Gasteiger partial charge in [-0.15, -0.1) is 0 Å². The lowest BCUT2D eigenvalue weighted by Gasteiger charge is -2.12. The van der Waals surface area contributed by atoms with Gasteiger partial charge in [0.2, 0.25) is 5.91 Å². The zero-order valence-corrected chi connectivity index (χ0v) is 19.2. The second-order valence-corrected chi connectivity index (χ2v) is 7.97. The maximum Gasteiger partial charge on any atom is 0.224 e. The second-order valence-electron chi connectivity index (χ2n) is 7.56. The van der Waals surface area contributed by atoms with E-state index in [2.05, 4.69) is 9.88 Å². The minimum Gasteiger partial charge on any atom is -0.497 e. The predicted molar refractivity (Wildman–Crippen MR) is 130 cm³/mol. The summed E-state index contributed by atoms with van der Waals surface area (Å²) in [4.78, 5) is 17.1. The van der Waals surface area contributed by atoms with Crippen molar-refractivity contribution in [3.8, 4) is 11.5 Å². The van der Waals surface area contributed by atoms with E-state index in [9.17, 15) is 4.79 Å². The van der Waals surface area contributed by atoms with Gasteiger partial charge >= 0.3 is 0 Å². The number of imidazole rings is 1. The molecule has 0 spiro atoms. The number of para-hydroxylation sites is 2. The summed E-state index contributed by atoms with van der Waals surface area (Å²) in [7, 11) is 1.64. The molecule has 4 rings (SSSR count). The van der Waals surface area contributed by atoms with Crippen molar-refractivity contribution in [2.75, 3.05) is 20.3 Å². The molecular formula is C26H26ClN3O3. The van der Waals surface area contributed by atoms with Crippen LogP contribution in [-0.4, -0.2) is 35.7 Å². The molecule has 1 aromatic heterocycles. The summed E-state index contributed by atoms with van der Waals surface area (Å²) < 4.78 is 13.3. The summed E-state index contributed by atoms with van der Waals surface area (Å²) in [6.07, 6.45) is 0.868. The van der Waals surface area contributed by atoms with Crippen LogP contribution in [0.4, 0.5) is 0 Å². The number of aromatic nitrogens is 2. The molecule has 0 atom stereocenters. The maximum absolute atomic E-state index is 12.4. The van der Waals surface area contributed by atoms with Crippen LogP contribution in [0, 0.1) is 0 Å². The molecule has 0 saturated carbocycles. The fourth-order valence-corrected chi connectivity index (χ4v) is 3.91. The molecule has 0 aliphatic rings. The summed E-state index contributed by atoms with van der Waals surface area (Å²) in [5.41, 5.74) is 2.79. The molecule has 0 bridgehead atoms. The van der Waals surface area contributed by atoms with Gasteiger partial charge in [-0.05, 0) is 35.9 Å². The van der Waals surface area contributed by atoms with Gasteiger partial charge in [0.05, 0.1) is 31.1 Å². The largest absolute Gasteiger partial charge is 0.497 e. The van der Waals surface area contributed by atoms with Crippen molar-refractivity contribution in [3.63, 3.8) is 0 Å². The normalized spacial score (nSPS) is 10.8. The molecule has 1 amide bonds. The van der Waals surface area contributed by atoms with Crippen LogP contribution >= 0.6 is 11.6 Å². The molecule has 0 saturated heterocycles. The quantitative estimate of drug-likeness (QED) is 0.371. The molecular weight excluding hydrogens is 438 g/mol. The third kappa shape index (κ3) is 5.84. The van der Waals surface area contributed by atoms with Gasteiger partial charge < -0.3 is 19.4 Å². The fourth-order valence-electron chi connectivity index (χ4n) is 3.70. The van der Waals surface area contributed by atoms with Crippen LogP contribution in [0.3, 0.4) is 0 Å². The molecule has 4 aromatic rings. The van der Waals surface area contributed by atoms with Crippen molar-refractivity contribution >= 4 is 28.5 Å². The Morgan fingerprint density at radius 3 is 2.67 bits per heavy atom. The van der Waals surface area contributed by atoms with Gasteiger partial charge in [-0.25, -0.2) is 4.98 Å². The van der Waals surface area contributed by atoms with Gasteiger partial charge in [0.15, 0.2) is 0 Å². The van der Waals surface area contributed by atoms with E-state index in [0.717, 1.165) is 33.9 Å². The van der Waals surface area contributed by atoms with E-state index in [4.69, 9.17) is 26.1 Å². The second kappa shape index (κ2) is 10.9. The smallest absolute Gasteiger partial charge is 0.224 e. The number of carbonyl (C=O) groups is 1. The van der Waals surface area contributed by atoms with E-state index in [-0.39, 0.29) is 12.3 Å². The number of ether oxygens (including phenoxy) is 2. The minimum absolute atomic E-state index is 0.0629. The van der Waals surface area contributed by atoms with Crippen LogP contribution in [-0.2, 0) is 24.2 Å². The Balaban J connectivity index is 1.38. The number of hydrogen-bond acceptors (Lipinski definition) is 4. The molecule has 1 N–H and O–H groups in total. The van der Waals surface area contributed by atoms with Gasteiger partial charge in [0.1, 0.15) is 23.9 Å². The molecule has 0 radical (unpaired) electrons. The number of carbonyl (C=O) groups excluding carboxylic acids is 1. The lowest BCUT2D eigenvalue weighted by atomic mass is 10.1. The number of hydrogen-bond donors (Lipinski definition) is 1. The predicted octanol–water partition coefficient (Wildman–Crippen LogP) is 4.68. The number of nitrogens with zero attached hydrogens (tertiary/aromatic N) is 2. The number of amides is 1. The van der Waals surface area contributed by atoms with Crippen LogP contribution in [0.25, 0.3) is 11.0 Å². The number of halogens is 1. The zero-order valence-electron chi connectivity index (χ0n) is 18.5. The molecule has 33 heavy (non-hydrogen) atoms. The van der Waals surface area contributed by atoms with Crippen LogP contribution in [0.1, 0.15) is 11.4 Å². The van der Waals surface area contributed by atoms with E-state index >= 15 is 0 Å². The van der Waals surface area contributed by atoms with Crippen LogP contribution in [0.2, 0.25) is 5.02 Å². The van der Waals surface area contributed by atoms with Crippen molar-refractivity contribution in [2.45, 2.75) is 19.4 Å². The molecule has 1 heterocycles. The SMILES string of the molecule is COc1cccc(OCCn2c(CCNC(=O)Cc3ccccc3Cl)nc3ccccc32)c1. The molecule has 6 nitrogen and oxygen atoms in total. The van der Waals surface area contributed by atoms with Crippen molar-refractivity contribution in [1.82, 2.24) is 14.9 Å². The highest BCUT2D eigenvalue weighted by molar-refractivity contribution is 6.31. The summed E-state index contributed by atoms with van der Waals surface area (Å²) in [6.45, 7) is 1.61. The maximum atomic E-state index is 12.4. The zero-order chi connectivity index (χ0) is 23.0. The van der Waals surface area contributed by atoms with Gasteiger partial charge in [0.25, 0.3) is 0 Å². The van der Waals surface area contributed by atoms with Gasteiger partial charge in [-0.3, -0.25) is 4.79 Å². The highest BCUT2D eigenvalue weighted by Gasteiger charge is 2.12. The van der Waals surface area contributed by atoms with Crippen molar-refractivity contribution in [3.05, 3.63) is 89.2 Å². The highest BCUT2D eigenvalue weighted by atomic mass is 35.5. The van der Waals surface area contributed by atoms with Crippen molar-refractivity contribution < 1.29 is 14.3 Å². The van der Waals surface area contributed by atoms with Gasteiger partial charge in [-0.1, -0.05) is 48.0 Å². The molecule has 0 unspecified atom stereocenters. The van der Waals surface area contributed by atoms with Crippen LogP contribution < -0.4 is 14.8 Å². The third-order valence-corrected chi connectivity index (χ3v) is 5.71. The van der Waals surface area contributed by atoms with Crippen LogP contribution in [0.5, 0.6) is 11.5 Å². The van der Waals surface area contributed by atoms with Crippen molar-refractivity contribution in [1.29, 1.82) is 0 Å². The summed E-state index contributed by atoms with van der Waals surface area (Å²) in [6, 6.07) is 23.0. The van der Waals surface area contributed by atoms with Crippen molar-refractivity contribution in [2.24, 2.45) is 0 Å². The average molecular weight is 464 g/mol.